The number of aliphatic hydroxyl groups excluding tert-OH is 1. The van der Waals surface area contributed by atoms with Gasteiger partial charge in [-0.15, -0.1) is 24.0 Å². The van der Waals surface area contributed by atoms with Crippen LogP contribution in [0.25, 0.3) is 0 Å². The average Bonchev–Trinajstić information content (AvgIpc) is 2.43. The van der Waals surface area contributed by atoms with Crippen LogP contribution in [0.5, 0.6) is 0 Å². The van der Waals surface area contributed by atoms with Crippen LogP contribution < -0.4 is 0 Å². The summed E-state index contributed by atoms with van der Waals surface area (Å²) in [4.78, 5) is 2.11. The molecule has 0 spiro atoms. The first-order valence-electron chi connectivity index (χ1n) is 4.27. The Hall–Kier alpha value is 0.580. The summed E-state index contributed by atoms with van der Waals surface area (Å²) < 4.78 is 12.9. The van der Waals surface area contributed by atoms with Crippen LogP contribution in [0.15, 0.2) is 0 Å². The molecule has 12 heavy (non-hydrogen) atoms. The predicted octanol–water partition coefficient (Wildman–Crippen LogP) is 1.17. The molecule has 2 unspecified atom stereocenters. The van der Waals surface area contributed by atoms with Crippen molar-refractivity contribution in [3.63, 3.8) is 0 Å². The number of nitrogens with zero attached hydrogens (tertiary/aromatic N) is 1. The summed E-state index contributed by atoms with van der Waals surface area (Å²) in [6.45, 7) is 1.65. The highest BCUT2D eigenvalue weighted by atomic mass is 127. The lowest BCUT2D eigenvalue weighted by molar-refractivity contribution is 0.0996. The van der Waals surface area contributed by atoms with E-state index >= 15 is 0 Å². The maximum absolute atomic E-state index is 12.9. The Morgan fingerprint density at radius 1 is 1.58 bits per heavy atom. The smallest absolute Gasteiger partial charge is 0.115 e. The van der Waals surface area contributed by atoms with Crippen molar-refractivity contribution in [2.75, 3.05) is 19.7 Å². The molecule has 0 radical (unpaired) electrons. The fraction of sp³-hybridized carbons (Fsp3) is 1.00. The average molecular weight is 287 g/mol. The van der Waals surface area contributed by atoms with Crippen molar-refractivity contribution in [3.8, 4) is 0 Å². The third-order valence-electron chi connectivity index (χ3n) is 3.06. The van der Waals surface area contributed by atoms with Crippen LogP contribution >= 0.6 is 24.0 Å². The van der Waals surface area contributed by atoms with E-state index in [9.17, 15) is 4.39 Å². The van der Waals surface area contributed by atoms with Gasteiger partial charge in [0.25, 0.3) is 0 Å². The molecule has 4 heteroatoms. The van der Waals surface area contributed by atoms with Crippen LogP contribution in [0.1, 0.15) is 19.3 Å². The second-order valence-corrected chi connectivity index (χ2v) is 3.73. The number of rotatable bonds is 1. The standard InChI is InChI=1S/C8H14FNO.HI/c9-7-4-8(6-11)2-1-3-10(8)5-7;/h7,11H,1-6H2;1H. The van der Waals surface area contributed by atoms with Crippen molar-refractivity contribution >= 4 is 24.0 Å². The highest BCUT2D eigenvalue weighted by molar-refractivity contribution is 14.0. The maximum Gasteiger partial charge on any atom is 0.115 e. The lowest BCUT2D eigenvalue weighted by Gasteiger charge is -2.28. The zero-order valence-electron chi connectivity index (χ0n) is 7.00. The second-order valence-electron chi connectivity index (χ2n) is 3.73. The fourth-order valence-corrected chi connectivity index (χ4v) is 2.47. The minimum Gasteiger partial charge on any atom is -0.394 e. The fourth-order valence-electron chi connectivity index (χ4n) is 2.47. The van der Waals surface area contributed by atoms with Crippen molar-refractivity contribution in [2.45, 2.75) is 31.0 Å². The first-order chi connectivity index (χ1) is 5.27. The van der Waals surface area contributed by atoms with Crippen molar-refractivity contribution < 1.29 is 9.50 Å². The van der Waals surface area contributed by atoms with E-state index in [4.69, 9.17) is 5.11 Å². The molecular formula is C8H15FINO. The monoisotopic (exact) mass is 287 g/mol. The summed E-state index contributed by atoms with van der Waals surface area (Å²) in [6, 6.07) is 0. The number of alkyl halides is 1. The summed E-state index contributed by atoms with van der Waals surface area (Å²) in [7, 11) is 0. The van der Waals surface area contributed by atoms with Crippen molar-refractivity contribution in [3.05, 3.63) is 0 Å². The molecule has 0 amide bonds. The summed E-state index contributed by atoms with van der Waals surface area (Å²) in [5.74, 6) is 0. The number of fused-ring (bicyclic) bond motifs is 1. The molecule has 72 valence electrons. The minimum atomic E-state index is -0.706. The van der Waals surface area contributed by atoms with E-state index in [1.165, 1.54) is 0 Å². The van der Waals surface area contributed by atoms with Crippen LogP contribution in [-0.2, 0) is 0 Å². The van der Waals surface area contributed by atoms with E-state index in [0.717, 1.165) is 19.4 Å². The van der Waals surface area contributed by atoms with Gasteiger partial charge in [0.1, 0.15) is 6.17 Å². The third-order valence-corrected chi connectivity index (χ3v) is 3.06. The Morgan fingerprint density at radius 2 is 2.33 bits per heavy atom. The SMILES string of the molecule is I.OCC12CCCN1CC(F)C2. The van der Waals surface area contributed by atoms with Gasteiger partial charge < -0.3 is 5.11 Å². The van der Waals surface area contributed by atoms with Gasteiger partial charge in [-0.1, -0.05) is 0 Å². The van der Waals surface area contributed by atoms with Crippen molar-refractivity contribution in [1.82, 2.24) is 4.90 Å². The number of halogens is 2. The zero-order valence-corrected chi connectivity index (χ0v) is 9.33. The Balaban J connectivity index is 0.000000720. The highest BCUT2D eigenvalue weighted by Crippen LogP contribution is 2.39. The van der Waals surface area contributed by atoms with Crippen LogP contribution in [0.4, 0.5) is 4.39 Å². The van der Waals surface area contributed by atoms with Crippen LogP contribution in [-0.4, -0.2) is 41.4 Å². The molecule has 2 fully saturated rings. The molecule has 1 N–H and O–H groups in total. The molecular weight excluding hydrogens is 272 g/mol. The van der Waals surface area contributed by atoms with Gasteiger partial charge in [-0.25, -0.2) is 4.39 Å². The normalized spacial score (nSPS) is 41.0. The van der Waals surface area contributed by atoms with E-state index in [-0.39, 0.29) is 36.1 Å². The van der Waals surface area contributed by atoms with Crippen LogP contribution in [0.2, 0.25) is 0 Å². The van der Waals surface area contributed by atoms with Gasteiger partial charge in [0, 0.05) is 18.5 Å². The topological polar surface area (TPSA) is 23.5 Å². The molecule has 0 saturated carbocycles. The van der Waals surface area contributed by atoms with Gasteiger partial charge in [0.15, 0.2) is 0 Å². The van der Waals surface area contributed by atoms with Gasteiger partial charge in [0.2, 0.25) is 0 Å². The minimum absolute atomic E-state index is 0. The highest BCUT2D eigenvalue weighted by Gasteiger charge is 2.47. The molecule has 2 saturated heterocycles. The lowest BCUT2D eigenvalue weighted by Crippen LogP contribution is -2.41. The molecule has 2 heterocycles. The Bertz CT molecular complexity index is 169. The Labute approximate surface area is 89.1 Å². The molecule has 0 bridgehead atoms. The largest absolute Gasteiger partial charge is 0.394 e. The van der Waals surface area contributed by atoms with E-state index in [1.807, 2.05) is 0 Å². The molecule has 0 aromatic rings. The van der Waals surface area contributed by atoms with E-state index < -0.39 is 6.17 Å². The van der Waals surface area contributed by atoms with Gasteiger partial charge >= 0.3 is 0 Å². The predicted molar refractivity (Wildman–Crippen MR) is 55.6 cm³/mol. The summed E-state index contributed by atoms with van der Waals surface area (Å²) in [6.07, 6.45) is 1.93. The van der Waals surface area contributed by atoms with Crippen molar-refractivity contribution in [2.24, 2.45) is 0 Å². The second kappa shape index (κ2) is 3.75. The molecule has 0 aromatic carbocycles. The summed E-state index contributed by atoms with van der Waals surface area (Å²) in [5.41, 5.74) is -0.167. The molecule has 2 rings (SSSR count). The van der Waals surface area contributed by atoms with Gasteiger partial charge in [-0.05, 0) is 19.4 Å². The molecule has 2 atom stereocenters. The molecule has 2 aliphatic heterocycles. The third kappa shape index (κ3) is 1.48. The zero-order chi connectivity index (χ0) is 7.90. The molecule has 2 nitrogen and oxygen atoms in total. The molecule has 0 aliphatic carbocycles. The van der Waals surface area contributed by atoms with E-state index in [0.29, 0.717) is 13.0 Å². The number of hydrogen-bond donors (Lipinski definition) is 1. The van der Waals surface area contributed by atoms with Gasteiger partial charge in [-0.3, -0.25) is 4.90 Å². The van der Waals surface area contributed by atoms with Crippen LogP contribution in [0, 0.1) is 0 Å². The van der Waals surface area contributed by atoms with Gasteiger partial charge in [-0.2, -0.15) is 0 Å². The quantitative estimate of drug-likeness (QED) is 0.732. The summed E-state index contributed by atoms with van der Waals surface area (Å²) >= 11 is 0. The van der Waals surface area contributed by atoms with E-state index in [2.05, 4.69) is 4.90 Å². The lowest BCUT2D eigenvalue weighted by atomic mass is 9.95. The number of hydrogen-bond acceptors (Lipinski definition) is 2. The van der Waals surface area contributed by atoms with Crippen molar-refractivity contribution in [1.29, 1.82) is 0 Å². The summed E-state index contributed by atoms with van der Waals surface area (Å²) in [5, 5.41) is 9.14. The molecule has 2 aliphatic rings. The van der Waals surface area contributed by atoms with Gasteiger partial charge in [0.05, 0.1) is 6.61 Å². The molecule has 0 aromatic heterocycles. The number of aliphatic hydroxyl groups is 1. The first kappa shape index (κ1) is 10.7. The Morgan fingerprint density at radius 3 is 2.92 bits per heavy atom. The van der Waals surface area contributed by atoms with E-state index in [1.54, 1.807) is 0 Å². The first-order valence-corrected chi connectivity index (χ1v) is 4.27. The maximum atomic E-state index is 12.9. The Kier molecular flexibility index (Phi) is 3.34. The van der Waals surface area contributed by atoms with Crippen LogP contribution in [0.3, 0.4) is 0 Å².